The van der Waals surface area contributed by atoms with Crippen molar-refractivity contribution in [3.05, 3.63) is 29.8 Å². The molecule has 0 amide bonds. The van der Waals surface area contributed by atoms with Gasteiger partial charge in [0.25, 0.3) is 0 Å². The molecule has 0 aliphatic heterocycles. The number of halogens is 3. The molecule has 1 aromatic rings. The number of hydrogen-bond acceptors (Lipinski definition) is 3. The largest absolute Gasteiger partial charge is 0.496 e. The zero-order valence-corrected chi connectivity index (χ0v) is 11.7. The fourth-order valence-corrected chi connectivity index (χ4v) is 1.81. The first-order chi connectivity index (χ1) is 9.44. The Hall–Kier alpha value is -1.27. The average Bonchev–Trinajstić information content (AvgIpc) is 2.41. The summed E-state index contributed by atoms with van der Waals surface area (Å²) in [6, 6.07) is 7.70. The van der Waals surface area contributed by atoms with Gasteiger partial charge in [-0.15, -0.1) is 0 Å². The molecular weight excluding hydrogens is 271 g/mol. The van der Waals surface area contributed by atoms with Crippen molar-refractivity contribution in [3.63, 3.8) is 0 Å². The molecule has 0 aliphatic carbocycles. The Bertz CT molecular complexity index is 396. The Labute approximate surface area is 117 Å². The van der Waals surface area contributed by atoms with Crippen LogP contribution in [-0.4, -0.2) is 33.0 Å². The third kappa shape index (κ3) is 6.25. The lowest BCUT2D eigenvalue weighted by Crippen LogP contribution is -2.23. The van der Waals surface area contributed by atoms with Gasteiger partial charge in [0.15, 0.2) is 0 Å². The van der Waals surface area contributed by atoms with Crippen molar-refractivity contribution in [1.29, 1.82) is 0 Å². The summed E-state index contributed by atoms with van der Waals surface area (Å²) in [6.45, 7) is 1.46. The van der Waals surface area contributed by atoms with Gasteiger partial charge in [-0.25, -0.2) is 0 Å². The summed E-state index contributed by atoms with van der Waals surface area (Å²) in [5, 5.41) is 3.23. The third-order valence-corrected chi connectivity index (χ3v) is 2.79. The van der Waals surface area contributed by atoms with E-state index < -0.39 is 12.8 Å². The lowest BCUT2D eigenvalue weighted by Gasteiger charge is -2.17. The maximum absolute atomic E-state index is 11.8. The Kier molecular flexibility index (Phi) is 6.81. The molecule has 3 nitrogen and oxygen atoms in total. The minimum Gasteiger partial charge on any atom is -0.496 e. The molecule has 0 aliphatic rings. The highest BCUT2D eigenvalue weighted by Crippen LogP contribution is 2.24. The summed E-state index contributed by atoms with van der Waals surface area (Å²) in [6.07, 6.45) is -3.73. The van der Waals surface area contributed by atoms with E-state index in [0.29, 0.717) is 13.0 Å². The van der Waals surface area contributed by atoms with Crippen LogP contribution in [0.2, 0.25) is 0 Å². The standard InChI is InChI=1S/C14H20F3NO2/c1-11(12-6-3-4-7-13(12)19-2)18-8-5-9-20-10-14(15,16)17/h3-4,6-7,11,18H,5,8-10H2,1-2H3/t11-/m0/s1. The van der Waals surface area contributed by atoms with Crippen LogP contribution in [0.1, 0.15) is 24.9 Å². The predicted molar refractivity (Wildman–Crippen MR) is 70.9 cm³/mol. The molecule has 0 bridgehead atoms. The number of benzene rings is 1. The topological polar surface area (TPSA) is 30.5 Å². The van der Waals surface area contributed by atoms with Gasteiger partial charge < -0.3 is 14.8 Å². The van der Waals surface area contributed by atoms with Crippen molar-refractivity contribution in [2.45, 2.75) is 25.6 Å². The highest BCUT2D eigenvalue weighted by atomic mass is 19.4. The second-order valence-corrected chi connectivity index (χ2v) is 4.44. The number of hydrogen-bond donors (Lipinski definition) is 1. The first-order valence-electron chi connectivity index (χ1n) is 6.45. The number of alkyl halides is 3. The van der Waals surface area contributed by atoms with E-state index in [2.05, 4.69) is 10.1 Å². The zero-order chi connectivity index (χ0) is 15.0. The first kappa shape index (κ1) is 16.8. The van der Waals surface area contributed by atoms with Crippen molar-refractivity contribution < 1.29 is 22.6 Å². The van der Waals surface area contributed by atoms with E-state index in [9.17, 15) is 13.2 Å². The molecule has 0 spiro atoms. The highest BCUT2D eigenvalue weighted by Gasteiger charge is 2.27. The zero-order valence-electron chi connectivity index (χ0n) is 11.7. The van der Waals surface area contributed by atoms with E-state index in [1.165, 1.54) is 0 Å². The number of para-hydroxylation sites is 1. The maximum atomic E-state index is 11.8. The summed E-state index contributed by atoms with van der Waals surface area (Å²) in [5.41, 5.74) is 1.02. The Balaban J connectivity index is 2.25. The molecule has 0 heterocycles. The number of methoxy groups -OCH3 is 1. The molecule has 0 saturated heterocycles. The summed E-state index contributed by atoms with van der Waals surface area (Å²) in [5.74, 6) is 0.792. The minimum atomic E-state index is -4.25. The lowest BCUT2D eigenvalue weighted by atomic mass is 10.1. The summed E-state index contributed by atoms with van der Waals surface area (Å²) < 4.78 is 45.3. The summed E-state index contributed by atoms with van der Waals surface area (Å²) in [4.78, 5) is 0. The highest BCUT2D eigenvalue weighted by molar-refractivity contribution is 5.35. The molecule has 6 heteroatoms. The van der Waals surface area contributed by atoms with E-state index in [4.69, 9.17) is 4.74 Å². The molecule has 1 N–H and O–H groups in total. The Morgan fingerprint density at radius 1 is 1.25 bits per heavy atom. The molecule has 20 heavy (non-hydrogen) atoms. The monoisotopic (exact) mass is 291 g/mol. The average molecular weight is 291 g/mol. The smallest absolute Gasteiger partial charge is 0.411 e. The second kappa shape index (κ2) is 8.11. The summed E-state index contributed by atoms with van der Waals surface area (Å²) in [7, 11) is 1.61. The third-order valence-electron chi connectivity index (χ3n) is 2.79. The molecule has 0 aromatic heterocycles. The molecule has 114 valence electrons. The second-order valence-electron chi connectivity index (χ2n) is 4.44. The maximum Gasteiger partial charge on any atom is 0.411 e. The van der Waals surface area contributed by atoms with Gasteiger partial charge in [0.2, 0.25) is 0 Å². The van der Waals surface area contributed by atoms with Crippen molar-refractivity contribution in [2.24, 2.45) is 0 Å². The van der Waals surface area contributed by atoms with E-state index in [1.807, 2.05) is 31.2 Å². The van der Waals surface area contributed by atoms with Crippen LogP contribution in [0.3, 0.4) is 0 Å². The van der Waals surface area contributed by atoms with Gasteiger partial charge in [0.1, 0.15) is 12.4 Å². The number of rotatable bonds is 8. The Morgan fingerprint density at radius 2 is 1.95 bits per heavy atom. The molecule has 0 saturated carbocycles. The number of nitrogens with one attached hydrogen (secondary N) is 1. The molecule has 0 fully saturated rings. The van der Waals surface area contributed by atoms with E-state index in [0.717, 1.165) is 11.3 Å². The molecule has 0 unspecified atom stereocenters. The van der Waals surface area contributed by atoms with Crippen LogP contribution >= 0.6 is 0 Å². The van der Waals surface area contributed by atoms with Crippen molar-refractivity contribution in [2.75, 3.05) is 26.9 Å². The lowest BCUT2D eigenvalue weighted by molar-refractivity contribution is -0.173. The van der Waals surface area contributed by atoms with Crippen LogP contribution in [0.15, 0.2) is 24.3 Å². The van der Waals surface area contributed by atoms with Gasteiger partial charge in [-0.1, -0.05) is 18.2 Å². The van der Waals surface area contributed by atoms with Gasteiger partial charge in [0, 0.05) is 18.2 Å². The molecule has 0 radical (unpaired) electrons. The van der Waals surface area contributed by atoms with E-state index in [1.54, 1.807) is 7.11 Å². The van der Waals surface area contributed by atoms with Gasteiger partial charge in [0.05, 0.1) is 7.11 Å². The van der Waals surface area contributed by atoms with Crippen LogP contribution in [0.5, 0.6) is 5.75 Å². The van der Waals surface area contributed by atoms with Crippen LogP contribution in [0.25, 0.3) is 0 Å². The van der Waals surface area contributed by atoms with Gasteiger partial charge in [-0.05, 0) is 26.0 Å². The van der Waals surface area contributed by atoms with E-state index in [-0.39, 0.29) is 12.6 Å². The van der Waals surface area contributed by atoms with Gasteiger partial charge in [-0.2, -0.15) is 13.2 Å². The van der Waals surface area contributed by atoms with Gasteiger partial charge >= 0.3 is 6.18 Å². The minimum absolute atomic E-state index is 0.0637. The normalized spacial score (nSPS) is 13.2. The molecule has 1 aromatic carbocycles. The fourth-order valence-electron chi connectivity index (χ4n) is 1.81. The molecule has 1 rings (SSSR count). The predicted octanol–water partition coefficient (Wildman–Crippen LogP) is 3.31. The number of ether oxygens (including phenoxy) is 2. The quantitative estimate of drug-likeness (QED) is 0.745. The fraction of sp³-hybridized carbons (Fsp3) is 0.571. The SMILES string of the molecule is COc1ccccc1[C@H](C)NCCCOCC(F)(F)F. The Morgan fingerprint density at radius 3 is 2.60 bits per heavy atom. The molecule has 1 atom stereocenters. The van der Waals surface area contributed by atoms with Crippen LogP contribution in [0.4, 0.5) is 13.2 Å². The van der Waals surface area contributed by atoms with Gasteiger partial charge in [-0.3, -0.25) is 0 Å². The molecular formula is C14H20F3NO2. The van der Waals surface area contributed by atoms with Crippen molar-refractivity contribution >= 4 is 0 Å². The van der Waals surface area contributed by atoms with Crippen LogP contribution in [-0.2, 0) is 4.74 Å². The first-order valence-corrected chi connectivity index (χ1v) is 6.45. The van der Waals surface area contributed by atoms with Crippen molar-refractivity contribution in [3.8, 4) is 5.75 Å². The van der Waals surface area contributed by atoms with Crippen molar-refractivity contribution in [1.82, 2.24) is 5.32 Å². The van der Waals surface area contributed by atoms with E-state index >= 15 is 0 Å². The van der Waals surface area contributed by atoms with Crippen LogP contribution < -0.4 is 10.1 Å². The van der Waals surface area contributed by atoms with Crippen LogP contribution in [0, 0.1) is 0 Å². The summed E-state index contributed by atoms with van der Waals surface area (Å²) >= 11 is 0.